The summed E-state index contributed by atoms with van der Waals surface area (Å²) in [5, 5.41) is 0. The summed E-state index contributed by atoms with van der Waals surface area (Å²) in [4.78, 5) is 0. The van der Waals surface area contributed by atoms with Gasteiger partial charge in [-0.25, -0.2) is 0 Å². The van der Waals surface area contributed by atoms with Crippen molar-refractivity contribution in [3.8, 4) is 5.75 Å². The van der Waals surface area contributed by atoms with E-state index in [0.717, 1.165) is 24.3 Å². The zero-order valence-corrected chi connectivity index (χ0v) is 8.70. The monoisotopic (exact) mass is 189 g/mol. The van der Waals surface area contributed by atoms with Gasteiger partial charge < -0.3 is 4.74 Å². The molecule has 0 aliphatic carbocycles. The van der Waals surface area contributed by atoms with Crippen molar-refractivity contribution in [3.63, 3.8) is 0 Å². The first-order valence-corrected chi connectivity index (χ1v) is 5.14. The van der Waals surface area contributed by atoms with Crippen LogP contribution in [0.5, 0.6) is 5.75 Å². The summed E-state index contributed by atoms with van der Waals surface area (Å²) in [6.45, 7) is 8.37. The molecule has 1 rings (SSSR count). The first-order valence-electron chi connectivity index (χ1n) is 5.14. The molecular formula is C13H17O. The number of rotatable bonds is 6. The Morgan fingerprint density at radius 1 is 1.21 bits per heavy atom. The highest BCUT2D eigenvalue weighted by molar-refractivity contribution is 5.47. The van der Waals surface area contributed by atoms with Crippen molar-refractivity contribution in [2.75, 3.05) is 6.61 Å². The van der Waals surface area contributed by atoms with Gasteiger partial charge in [-0.1, -0.05) is 44.6 Å². The minimum atomic E-state index is 0.805. The molecule has 1 aromatic carbocycles. The molecule has 0 unspecified atom stereocenters. The average molecular weight is 189 g/mol. The van der Waals surface area contributed by atoms with Gasteiger partial charge in [0.15, 0.2) is 0 Å². The second kappa shape index (κ2) is 6.25. The van der Waals surface area contributed by atoms with Gasteiger partial charge in [-0.15, -0.1) is 0 Å². The summed E-state index contributed by atoms with van der Waals surface area (Å²) in [6, 6.07) is 7.81. The van der Waals surface area contributed by atoms with E-state index in [0.29, 0.717) is 0 Å². The van der Waals surface area contributed by atoms with Gasteiger partial charge in [-0.2, -0.15) is 0 Å². The third-order valence-corrected chi connectivity index (χ3v) is 2.09. The molecule has 14 heavy (non-hydrogen) atoms. The molecule has 0 aromatic heterocycles. The van der Waals surface area contributed by atoms with Gasteiger partial charge in [0.2, 0.25) is 0 Å². The fraction of sp³-hybridized carbons (Fsp3) is 0.385. The smallest absolute Gasteiger partial charge is 0.119 e. The minimum Gasteiger partial charge on any atom is -0.494 e. The van der Waals surface area contributed by atoms with Crippen LogP contribution in [-0.4, -0.2) is 6.61 Å². The Morgan fingerprint density at radius 3 is 2.50 bits per heavy atom. The molecular weight excluding hydrogens is 172 g/mol. The van der Waals surface area contributed by atoms with Gasteiger partial charge in [0, 0.05) is 0 Å². The maximum atomic E-state index is 5.55. The lowest BCUT2D eigenvalue weighted by molar-refractivity contribution is 0.306. The van der Waals surface area contributed by atoms with Crippen molar-refractivity contribution >= 4 is 6.08 Å². The molecule has 0 atom stereocenters. The van der Waals surface area contributed by atoms with Crippen molar-refractivity contribution in [1.82, 2.24) is 0 Å². The average Bonchev–Trinajstić information content (AvgIpc) is 2.25. The van der Waals surface area contributed by atoms with E-state index >= 15 is 0 Å². The van der Waals surface area contributed by atoms with E-state index in [2.05, 4.69) is 6.92 Å². The summed E-state index contributed by atoms with van der Waals surface area (Å²) in [5.74, 6) is 0.923. The van der Waals surface area contributed by atoms with Gasteiger partial charge in [-0.3, -0.25) is 0 Å². The predicted octanol–water partition coefficient (Wildman–Crippen LogP) is 3.70. The van der Waals surface area contributed by atoms with Crippen molar-refractivity contribution in [2.45, 2.75) is 26.2 Å². The third kappa shape index (κ3) is 3.65. The van der Waals surface area contributed by atoms with E-state index in [1.54, 1.807) is 6.08 Å². The lowest BCUT2D eigenvalue weighted by Crippen LogP contribution is -1.96. The van der Waals surface area contributed by atoms with Gasteiger partial charge in [0.1, 0.15) is 5.75 Å². The van der Waals surface area contributed by atoms with Crippen LogP contribution in [0.1, 0.15) is 31.7 Å². The number of hydrogen-bond donors (Lipinski definition) is 0. The molecule has 0 N–H and O–H groups in total. The number of benzene rings is 1. The summed E-state index contributed by atoms with van der Waals surface area (Å²) < 4.78 is 5.55. The maximum Gasteiger partial charge on any atom is 0.119 e. The maximum absolute atomic E-state index is 5.55. The summed E-state index contributed by atoms with van der Waals surface area (Å²) in [5.41, 5.74) is 1.02. The van der Waals surface area contributed by atoms with Crippen molar-refractivity contribution < 1.29 is 4.74 Å². The molecule has 0 aliphatic rings. The molecule has 0 aliphatic heterocycles. The summed E-state index contributed by atoms with van der Waals surface area (Å²) in [6.07, 6.45) is 5.17. The quantitative estimate of drug-likeness (QED) is 0.620. The van der Waals surface area contributed by atoms with Crippen molar-refractivity contribution in [3.05, 3.63) is 36.4 Å². The minimum absolute atomic E-state index is 0.805. The number of hydrogen-bond acceptors (Lipinski definition) is 1. The predicted molar refractivity (Wildman–Crippen MR) is 60.2 cm³/mol. The molecule has 0 fully saturated rings. The van der Waals surface area contributed by atoms with E-state index < -0.39 is 0 Å². The van der Waals surface area contributed by atoms with E-state index in [-0.39, 0.29) is 0 Å². The Labute approximate surface area is 86.4 Å². The zero-order valence-electron chi connectivity index (χ0n) is 8.70. The lowest BCUT2D eigenvalue weighted by Gasteiger charge is -2.05. The molecule has 0 spiro atoms. The summed E-state index contributed by atoms with van der Waals surface area (Å²) >= 11 is 0. The second-order valence-electron chi connectivity index (χ2n) is 3.29. The van der Waals surface area contributed by atoms with E-state index in [1.165, 1.54) is 12.8 Å². The fourth-order valence-electron chi connectivity index (χ4n) is 1.22. The standard InChI is InChI=1S/C13H17O/c1-3-5-6-11-14-13-9-7-12(4-2)8-10-13/h2,4,7-10H,3,5-6,11H2,1H3. The van der Waals surface area contributed by atoms with Gasteiger partial charge in [0.05, 0.1) is 6.61 Å². The van der Waals surface area contributed by atoms with Crippen LogP contribution in [0.2, 0.25) is 0 Å². The second-order valence-corrected chi connectivity index (χ2v) is 3.29. The Morgan fingerprint density at radius 2 is 1.93 bits per heavy atom. The van der Waals surface area contributed by atoms with Crippen LogP contribution in [0.4, 0.5) is 0 Å². The molecule has 0 saturated heterocycles. The molecule has 1 aromatic rings. The van der Waals surface area contributed by atoms with E-state index in [4.69, 9.17) is 11.3 Å². The van der Waals surface area contributed by atoms with Crippen LogP contribution in [0.25, 0.3) is 6.08 Å². The van der Waals surface area contributed by atoms with Gasteiger partial charge >= 0.3 is 0 Å². The molecule has 1 nitrogen and oxygen atoms in total. The van der Waals surface area contributed by atoms with E-state index in [1.807, 2.05) is 24.3 Å². The van der Waals surface area contributed by atoms with Gasteiger partial charge in [-0.05, 0) is 24.1 Å². The Bertz CT molecular complexity index is 261. The SMILES string of the molecule is [CH]=Cc1ccc(OCCCCC)cc1. The largest absolute Gasteiger partial charge is 0.494 e. The molecule has 75 valence electrons. The highest BCUT2D eigenvalue weighted by atomic mass is 16.5. The highest BCUT2D eigenvalue weighted by Gasteiger charge is 1.92. The fourth-order valence-corrected chi connectivity index (χ4v) is 1.22. The molecule has 0 amide bonds. The lowest BCUT2D eigenvalue weighted by atomic mass is 10.2. The van der Waals surface area contributed by atoms with Crippen molar-refractivity contribution in [2.24, 2.45) is 0 Å². The Hall–Kier alpha value is -1.24. The van der Waals surface area contributed by atoms with Crippen LogP contribution in [0.3, 0.4) is 0 Å². The molecule has 0 heterocycles. The number of unbranched alkanes of at least 4 members (excludes halogenated alkanes) is 2. The molecule has 1 radical (unpaired) electrons. The van der Waals surface area contributed by atoms with Crippen LogP contribution < -0.4 is 4.74 Å². The summed E-state index contributed by atoms with van der Waals surface area (Å²) in [7, 11) is 0. The first kappa shape index (κ1) is 10.8. The Kier molecular flexibility index (Phi) is 4.84. The Balaban J connectivity index is 2.32. The first-order chi connectivity index (χ1) is 6.86. The molecule has 0 saturated carbocycles. The topological polar surface area (TPSA) is 9.23 Å². The number of ether oxygens (including phenoxy) is 1. The third-order valence-electron chi connectivity index (χ3n) is 2.09. The van der Waals surface area contributed by atoms with Crippen LogP contribution in [-0.2, 0) is 0 Å². The van der Waals surface area contributed by atoms with E-state index in [9.17, 15) is 0 Å². The van der Waals surface area contributed by atoms with Gasteiger partial charge in [0.25, 0.3) is 0 Å². The van der Waals surface area contributed by atoms with Crippen LogP contribution in [0.15, 0.2) is 24.3 Å². The van der Waals surface area contributed by atoms with Crippen LogP contribution >= 0.6 is 0 Å². The normalized spacial score (nSPS) is 9.79. The van der Waals surface area contributed by atoms with Crippen LogP contribution in [0, 0.1) is 6.58 Å². The van der Waals surface area contributed by atoms with Crippen molar-refractivity contribution in [1.29, 1.82) is 0 Å². The highest BCUT2D eigenvalue weighted by Crippen LogP contribution is 2.13. The zero-order chi connectivity index (χ0) is 10.2. The molecule has 0 bridgehead atoms. The molecule has 1 heteroatoms.